The minimum Gasteiger partial charge on any atom is -0.365 e. The highest BCUT2D eigenvalue weighted by atomic mass is 19.1. The minimum atomic E-state index is -0.481. The normalized spacial score (nSPS) is 17.2. The van der Waals surface area contributed by atoms with Crippen molar-refractivity contribution in [3.63, 3.8) is 0 Å². The fourth-order valence-corrected chi connectivity index (χ4v) is 1.75. The molecular formula is C11H12FN3O2. The number of benzene rings is 1. The molecule has 5 nitrogen and oxygen atoms in total. The van der Waals surface area contributed by atoms with Gasteiger partial charge in [0.1, 0.15) is 5.82 Å². The van der Waals surface area contributed by atoms with Crippen LogP contribution in [0, 0.1) is 15.9 Å². The molecule has 1 aromatic rings. The maximum atomic E-state index is 12.7. The molecule has 6 heteroatoms. The Morgan fingerprint density at radius 2 is 2.18 bits per heavy atom. The van der Waals surface area contributed by atoms with E-state index in [1.807, 2.05) is 4.90 Å². The molecule has 1 aliphatic heterocycles. The Labute approximate surface area is 97.7 Å². The molecule has 1 saturated heterocycles. The molecule has 1 heterocycles. The first kappa shape index (κ1) is 11.4. The van der Waals surface area contributed by atoms with E-state index in [-0.39, 0.29) is 5.82 Å². The number of nitro groups is 1. The van der Waals surface area contributed by atoms with Gasteiger partial charge in [0, 0.05) is 19.6 Å². The van der Waals surface area contributed by atoms with Crippen molar-refractivity contribution in [2.45, 2.75) is 6.54 Å². The van der Waals surface area contributed by atoms with Gasteiger partial charge in [-0.2, -0.15) is 0 Å². The second-order valence-corrected chi connectivity index (χ2v) is 3.77. The van der Waals surface area contributed by atoms with E-state index >= 15 is 0 Å². The van der Waals surface area contributed by atoms with Crippen molar-refractivity contribution in [3.8, 4) is 0 Å². The molecule has 0 atom stereocenters. The zero-order valence-corrected chi connectivity index (χ0v) is 9.10. The highest BCUT2D eigenvalue weighted by Gasteiger charge is 2.19. The molecule has 1 aliphatic rings. The summed E-state index contributed by atoms with van der Waals surface area (Å²) >= 11 is 0. The van der Waals surface area contributed by atoms with Crippen LogP contribution in [0.2, 0.25) is 0 Å². The van der Waals surface area contributed by atoms with Crippen LogP contribution in [-0.2, 0) is 6.54 Å². The first-order valence-corrected chi connectivity index (χ1v) is 5.24. The molecule has 1 fully saturated rings. The average molecular weight is 237 g/mol. The maximum Gasteiger partial charge on any atom is 0.274 e. The summed E-state index contributed by atoms with van der Waals surface area (Å²) < 4.78 is 12.7. The van der Waals surface area contributed by atoms with Crippen LogP contribution >= 0.6 is 0 Å². The third-order valence-electron chi connectivity index (χ3n) is 2.54. The molecule has 90 valence electrons. The lowest BCUT2D eigenvalue weighted by molar-refractivity contribution is -0.404. The van der Waals surface area contributed by atoms with Crippen LogP contribution in [-0.4, -0.2) is 22.9 Å². The van der Waals surface area contributed by atoms with Crippen molar-refractivity contribution < 1.29 is 9.31 Å². The van der Waals surface area contributed by atoms with E-state index in [2.05, 4.69) is 5.32 Å². The molecule has 0 amide bonds. The van der Waals surface area contributed by atoms with Crippen molar-refractivity contribution in [3.05, 3.63) is 57.8 Å². The van der Waals surface area contributed by atoms with Crippen LogP contribution in [0.25, 0.3) is 0 Å². The molecule has 0 radical (unpaired) electrons. The molecule has 17 heavy (non-hydrogen) atoms. The smallest absolute Gasteiger partial charge is 0.274 e. The van der Waals surface area contributed by atoms with Gasteiger partial charge in [0.05, 0.1) is 4.92 Å². The van der Waals surface area contributed by atoms with E-state index in [4.69, 9.17) is 0 Å². The fourth-order valence-electron chi connectivity index (χ4n) is 1.75. The monoisotopic (exact) mass is 237 g/mol. The van der Waals surface area contributed by atoms with Crippen molar-refractivity contribution in [1.29, 1.82) is 0 Å². The Balaban J connectivity index is 2.07. The van der Waals surface area contributed by atoms with E-state index in [9.17, 15) is 14.5 Å². The molecule has 0 unspecified atom stereocenters. The van der Waals surface area contributed by atoms with E-state index in [0.29, 0.717) is 25.5 Å². The molecule has 0 spiro atoms. The van der Waals surface area contributed by atoms with Crippen LogP contribution in [0.1, 0.15) is 5.56 Å². The fraction of sp³-hybridized carbons (Fsp3) is 0.273. The van der Waals surface area contributed by atoms with Gasteiger partial charge >= 0.3 is 0 Å². The van der Waals surface area contributed by atoms with Gasteiger partial charge in [-0.3, -0.25) is 10.1 Å². The van der Waals surface area contributed by atoms with Gasteiger partial charge in [0.25, 0.3) is 6.20 Å². The number of nitrogens with zero attached hydrogens (tertiary/aromatic N) is 2. The second kappa shape index (κ2) is 4.82. The van der Waals surface area contributed by atoms with E-state index in [1.165, 1.54) is 12.1 Å². The average Bonchev–Trinajstić information content (AvgIpc) is 2.68. The Hall–Kier alpha value is -2.11. The van der Waals surface area contributed by atoms with E-state index in [1.54, 1.807) is 12.1 Å². The quantitative estimate of drug-likeness (QED) is 0.636. The molecule has 0 aromatic heterocycles. The van der Waals surface area contributed by atoms with Crippen molar-refractivity contribution >= 4 is 0 Å². The van der Waals surface area contributed by atoms with Crippen LogP contribution in [0.3, 0.4) is 0 Å². The predicted octanol–water partition coefficient (Wildman–Crippen LogP) is 1.31. The third kappa shape index (κ3) is 2.93. The second-order valence-electron chi connectivity index (χ2n) is 3.77. The van der Waals surface area contributed by atoms with Crippen LogP contribution in [0.15, 0.2) is 36.3 Å². The van der Waals surface area contributed by atoms with Crippen molar-refractivity contribution in [2.24, 2.45) is 0 Å². The Morgan fingerprint density at radius 1 is 1.47 bits per heavy atom. The topological polar surface area (TPSA) is 58.4 Å². The SMILES string of the molecule is O=[N+]([O-])/C=C1\NCCN1Cc1ccc(F)cc1. The lowest BCUT2D eigenvalue weighted by atomic mass is 10.2. The highest BCUT2D eigenvalue weighted by Crippen LogP contribution is 2.13. The first-order chi connectivity index (χ1) is 8.15. The zero-order chi connectivity index (χ0) is 12.3. The van der Waals surface area contributed by atoms with Crippen LogP contribution in [0.5, 0.6) is 0 Å². The lowest BCUT2D eigenvalue weighted by Gasteiger charge is -2.16. The van der Waals surface area contributed by atoms with E-state index < -0.39 is 4.92 Å². The summed E-state index contributed by atoms with van der Waals surface area (Å²) in [5.41, 5.74) is 0.921. The Bertz CT molecular complexity index is 445. The van der Waals surface area contributed by atoms with Gasteiger partial charge in [-0.25, -0.2) is 4.39 Å². The van der Waals surface area contributed by atoms with Gasteiger partial charge in [0.15, 0.2) is 5.82 Å². The summed E-state index contributed by atoms with van der Waals surface area (Å²) in [7, 11) is 0. The van der Waals surface area contributed by atoms with Crippen molar-refractivity contribution in [2.75, 3.05) is 13.1 Å². The van der Waals surface area contributed by atoms with Gasteiger partial charge in [0.2, 0.25) is 0 Å². The number of nitrogens with one attached hydrogen (secondary N) is 1. The standard InChI is InChI=1S/C11H12FN3O2/c12-10-3-1-9(2-4-10)7-14-6-5-13-11(14)8-15(16)17/h1-4,8,13H,5-7H2/b11-8+. The molecule has 1 N–H and O–H groups in total. The molecule has 2 rings (SSSR count). The summed E-state index contributed by atoms with van der Waals surface area (Å²) in [6.07, 6.45) is 0.955. The summed E-state index contributed by atoms with van der Waals surface area (Å²) in [6.45, 7) is 1.92. The third-order valence-corrected chi connectivity index (χ3v) is 2.54. The molecule has 0 aliphatic carbocycles. The Morgan fingerprint density at radius 3 is 2.82 bits per heavy atom. The number of hydrogen-bond acceptors (Lipinski definition) is 4. The highest BCUT2D eigenvalue weighted by molar-refractivity contribution is 5.17. The van der Waals surface area contributed by atoms with Gasteiger partial charge in [-0.1, -0.05) is 12.1 Å². The van der Waals surface area contributed by atoms with Crippen LogP contribution in [0.4, 0.5) is 4.39 Å². The molecule has 0 saturated carbocycles. The first-order valence-electron chi connectivity index (χ1n) is 5.24. The zero-order valence-electron chi connectivity index (χ0n) is 9.10. The van der Waals surface area contributed by atoms with Crippen LogP contribution < -0.4 is 5.32 Å². The van der Waals surface area contributed by atoms with Gasteiger partial charge in [-0.05, 0) is 17.7 Å². The van der Waals surface area contributed by atoms with E-state index in [0.717, 1.165) is 11.8 Å². The number of hydrogen-bond donors (Lipinski definition) is 1. The summed E-state index contributed by atoms with van der Waals surface area (Å²) in [4.78, 5) is 11.8. The van der Waals surface area contributed by atoms with Gasteiger partial charge in [-0.15, -0.1) is 0 Å². The maximum absolute atomic E-state index is 12.7. The number of halogens is 1. The summed E-state index contributed by atoms with van der Waals surface area (Å²) in [6, 6.07) is 6.13. The summed E-state index contributed by atoms with van der Waals surface area (Å²) in [5, 5.41) is 13.4. The lowest BCUT2D eigenvalue weighted by Crippen LogP contribution is -2.20. The minimum absolute atomic E-state index is 0.283. The summed E-state index contributed by atoms with van der Waals surface area (Å²) in [5.74, 6) is 0.216. The predicted molar refractivity (Wildman–Crippen MR) is 59.9 cm³/mol. The Kier molecular flexibility index (Phi) is 3.22. The molecule has 0 bridgehead atoms. The van der Waals surface area contributed by atoms with Gasteiger partial charge < -0.3 is 10.2 Å². The van der Waals surface area contributed by atoms with Crippen molar-refractivity contribution in [1.82, 2.24) is 10.2 Å². The number of rotatable bonds is 3. The largest absolute Gasteiger partial charge is 0.365 e. The molecular weight excluding hydrogens is 225 g/mol. The molecule has 1 aromatic carbocycles.